The zero-order chi connectivity index (χ0) is 16.9. The monoisotopic (exact) mass is 346 g/mol. The molecule has 0 unspecified atom stereocenters. The molecule has 1 aromatic heterocycles. The largest absolute Gasteiger partial charge is 0.337 e. The summed E-state index contributed by atoms with van der Waals surface area (Å²) >= 11 is 5.92. The lowest BCUT2D eigenvalue weighted by Gasteiger charge is -2.33. The molecule has 3 rings (SSSR count). The van der Waals surface area contributed by atoms with Crippen LogP contribution in [0.2, 0.25) is 5.02 Å². The molecule has 0 aliphatic carbocycles. The predicted molar refractivity (Wildman–Crippen MR) is 90.8 cm³/mol. The van der Waals surface area contributed by atoms with E-state index in [2.05, 4.69) is 20.4 Å². The second-order valence-corrected chi connectivity index (χ2v) is 6.02. The first-order valence-electron chi connectivity index (χ1n) is 7.84. The lowest BCUT2D eigenvalue weighted by Crippen LogP contribution is -2.48. The van der Waals surface area contributed by atoms with Crippen molar-refractivity contribution in [3.63, 3.8) is 0 Å². The van der Waals surface area contributed by atoms with Crippen molar-refractivity contribution in [3.05, 3.63) is 47.3 Å². The molecule has 0 atom stereocenters. The van der Waals surface area contributed by atoms with Gasteiger partial charge in [0.25, 0.3) is 0 Å². The number of aromatic nitrogens is 4. The van der Waals surface area contributed by atoms with Crippen LogP contribution in [0.5, 0.6) is 0 Å². The lowest BCUT2D eigenvalue weighted by atomic mass is 10.3. The smallest absolute Gasteiger partial charge is 0.246 e. The van der Waals surface area contributed by atoms with Crippen molar-refractivity contribution in [1.29, 1.82) is 0 Å². The summed E-state index contributed by atoms with van der Waals surface area (Å²) < 4.78 is 1.72. The van der Waals surface area contributed by atoms with Crippen LogP contribution in [-0.2, 0) is 11.3 Å². The van der Waals surface area contributed by atoms with Crippen molar-refractivity contribution in [3.8, 4) is 5.69 Å². The van der Waals surface area contributed by atoms with Crippen LogP contribution in [0, 0.1) is 0 Å². The van der Waals surface area contributed by atoms with Gasteiger partial charge in [0, 0.05) is 31.2 Å². The number of hydrogen-bond donors (Lipinski definition) is 0. The predicted octanol–water partition coefficient (Wildman–Crippen LogP) is 1.54. The third-order valence-corrected chi connectivity index (χ3v) is 4.22. The molecular weight excluding hydrogens is 328 g/mol. The molecule has 1 aromatic carbocycles. The molecule has 1 amide bonds. The number of rotatable bonds is 4. The SMILES string of the molecule is C/C=C\C(=O)N1CCN(Cc2nnnn2-c2ccc(Cl)cc2)CC1. The molecule has 24 heavy (non-hydrogen) atoms. The number of carbonyl (C=O) groups excluding carboxylic acids is 1. The summed E-state index contributed by atoms with van der Waals surface area (Å²) in [5.74, 6) is 0.841. The van der Waals surface area contributed by atoms with Crippen LogP contribution in [0.1, 0.15) is 12.7 Å². The molecule has 2 heterocycles. The number of nitrogens with zero attached hydrogens (tertiary/aromatic N) is 6. The molecule has 8 heteroatoms. The van der Waals surface area contributed by atoms with Crippen LogP contribution < -0.4 is 0 Å². The summed E-state index contributed by atoms with van der Waals surface area (Å²) in [5.41, 5.74) is 0.876. The summed E-state index contributed by atoms with van der Waals surface area (Å²) in [5, 5.41) is 12.6. The van der Waals surface area contributed by atoms with Gasteiger partial charge in [0.15, 0.2) is 5.82 Å². The normalized spacial score (nSPS) is 16.0. The van der Waals surface area contributed by atoms with E-state index >= 15 is 0 Å². The fourth-order valence-electron chi connectivity index (χ4n) is 2.66. The maximum Gasteiger partial charge on any atom is 0.246 e. The van der Waals surface area contributed by atoms with Crippen molar-refractivity contribution in [2.75, 3.05) is 26.2 Å². The van der Waals surface area contributed by atoms with E-state index in [-0.39, 0.29) is 5.91 Å². The molecule has 1 aliphatic rings. The van der Waals surface area contributed by atoms with Crippen LogP contribution in [0.15, 0.2) is 36.4 Å². The van der Waals surface area contributed by atoms with Crippen LogP contribution in [0.4, 0.5) is 0 Å². The van der Waals surface area contributed by atoms with E-state index in [1.165, 1.54) is 0 Å². The number of tetrazole rings is 1. The zero-order valence-corrected chi connectivity index (χ0v) is 14.2. The highest BCUT2D eigenvalue weighted by atomic mass is 35.5. The Balaban J connectivity index is 1.63. The van der Waals surface area contributed by atoms with E-state index in [0.717, 1.165) is 24.6 Å². The van der Waals surface area contributed by atoms with Gasteiger partial charge in [-0.2, -0.15) is 4.68 Å². The van der Waals surface area contributed by atoms with Gasteiger partial charge < -0.3 is 4.90 Å². The van der Waals surface area contributed by atoms with Crippen molar-refractivity contribution >= 4 is 17.5 Å². The number of benzene rings is 1. The van der Waals surface area contributed by atoms with Gasteiger partial charge in [-0.3, -0.25) is 9.69 Å². The summed E-state index contributed by atoms with van der Waals surface area (Å²) in [6, 6.07) is 7.40. The van der Waals surface area contributed by atoms with E-state index in [4.69, 9.17) is 11.6 Å². The topological polar surface area (TPSA) is 67.2 Å². The second-order valence-electron chi connectivity index (χ2n) is 5.58. The lowest BCUT2D eigenvalue weighted by molar-refractivity contribution is -0.127. The van der Waals surface area contributed by atoms with E-state index < -0.39 is 0 Å². The molecule has 1 saturated heterocycles. The maximum absolute atomic E-state index is 11.9. The van der Waals surface area contributed by atoms with Crippen molar-refractivity contribution in [1.82, 2.24) is 30.0 Å². The Hall–Kier alpha value is -2.25. The van der Waals surface area contributed by atoms with Gasteiger partial charge in [-0.05, 0) is 47.7 Å². The molecule has 126 valence electrons. The summed E-state index contributed by atoms with van der Waals surface area (Å²) in [6.45, 7) is 5.52. The van der Waals surface area contributed by atoms with Gasteiger partial charge in [0.05, 0.1) is 12.2 Å². The maximum atomic E-state index is 11.9. The Morgan fingerprint density at radius 1 is 1.21 bits per heavy atom. The first kappa shape index (κ1) is 16.6. The Morgan fingerprint density at radius 3 is 2.58 bits per heavy atom. The van der Waals surface area contributed by atoms with E-state index in [9.17, 15) is 4.79 Å². The third-order valence-electron chi connectivity index (χ3n) is 3.96. The average molecular weight is 347 g/mol. The van der Waals surface area contributed by atoms with Crippen molar-refractivity contribution in [2.45, 2.75) is 13.5 Å². The van der Waals surface area contributed by atoms with Gasteiger partial charge in [-0.1, -0.05) is 17.7 Å². The fourth-order valence-corrected chi connectivity index (χ4v) is 2.79. The third kappa shape index (κ3) is 3.80. The Morgan fingerprint density at radius 2 is 1.92 bits per heavy atom. The highest BCUT2D eigenvalue weighted by Gasteiger charge is 2.21. The fraction of sp³-hybridized carbons (Fsp3) is 0.375. The van der Waals surface area contributed by atoms with Crippen LogP contribution in [0.3, 0.4) is 0 Å². The van der Waals surface area contributed by atoms with Gasteiger partial charge in [-0.15, -0.1) is 5.10 Å². The quantitative estimate of drug-likeness (QED) is 0.785. The average Bonchev–Trinajstić information content (AvgIpc) is 3.04. The number of amides is 1. The van der Waals surface area contributed by atoms with E-state index in [0.29, 0.717) is 24.7 Å². The van der Waals surface area contributed by atoms with Gasteiger partial charge in [0.2, 0.25) is 5.91 Å². The van der Waals surface area contributed by atoms with Gasteiger partial charge in [0.1, 0.15) is 0 Å². The highest BCUT2D eigenvalue weighted by Crippen LogP contribution is 2.15. The number of allylic oxidation sites excluding steroid dienone is 1. The van der Waals surface area contributed by atoms with E-state index in [1.807, 2.05) is 36.1 Å². The van der Waals surface area contributed by atoms with Crippen molar-refractivity contribution < 1.29 is 4.79 Å². The summed E-state index contributed by atoms with van der Waals surface area (Å²) in [6.07, 6.45) is 3.38. The number of hydrogen-bond acceptors (Lipinski definition) is 5. The second kappa shape index (κ2) is 7.55. The van der Waals surface area contributed by atoms with Crippen molar-refractivity contribution in [2.24, 2.45) is 0 Å². The van der Waals surface area contributed by atoms with Gasteiger partial charge in [-0.25, -0.2) is 0 Å². The van der Waals surface area contributed by atoms with E-state index in [1.54, 1.807) is 16.8 Å². The molecule has 2 aromatic rings. The molecule has 0 saturated carbocycles. The number of piperazine rings is 1. The highest BCUT2D eigenvalue weighted by molar-refractivity contribution is 6.30. The molecule has 0 N–H and O–H groups in total. The molecule has 1 aliphatic heterocycles. The Kier molecular flexibility index (Phi) is 5.22. The van der Waals surface area contributed by atoms with Crippen LogP contribution in [-0.4, -0.2) is 62.1 Å². The minimum Gasteiger partial charge on any atom is -0.337 e. The molecule has 7 nitrogen and oxygen atoms in total. The van der Waals surface area contributed by atoms with Gasteiger partial charge >= 0.3 is 0 Å². The standard InChI is InChI=1S/C16H19ClN6O/c1-2-3-16(24)22-10-8-21(9-11-22)12-15-18-19-20-23(15)14-6-4-13(17)5-7-14/h2-7H,8-12H2,1H3/b3-2-. The molecule has 0 bridgehead atoms. The Bertz CT molecular complexity index is 718. The van der Waals surface area contributed by atoms with Crippen LogP contribution in [0.25, 0.3) is 5.69 Å². The van der Waals surface area contributed by atoms with Crippen LogP contribution >= 0.6 is 11.6 Å². The molecular formula is C16H19ClN6O. The first-order chi connectivity index (χ1) is 11.7. The zero-order valence-electron chi connectivity index (χ0n) is 13.5. The minimum absolute atomic E-state index is 0.0724. The number of carbonyl (C=O) groups is 1. The molecule has 0 radical (unpaired) electrons. The molecule has 0 spiro atoms. The minimum atomic E-state index is 0.0724. The summed E-state index contributed by atoms with van der Waals surface area (Å²) in [7, 11) is 0. The molecule has 1 fully saturated rings. The first-order valence-corrected chi connectivity index (χ1v) is 8.22. The summed E-state index contributed by atoms with van der Waals surface area (Å²) in [4.78, 5) is 16.0. The number of halogens is 1. The Labute approximate surface area is 145 Å².